The van der Waals surface area contributed by atoms with Gasteiger partial charge in [0.25, 0.3) is 0 Å². The molecule has 0 spiro atoms. The SMILES string of the molecule is Cc1cc(C=O)cc(OB(O)O)c1. The highest BCUT2D eigenvalue weighted by Gasteiger charge is 2.11. The Bertz CT molecular complexity index is 311. The number of hydrogen-bond donors (Lipinski definition) is 2. The quantitative estimate of drug-likeness (QED) is 0.513. The molecule has 1 aromatic carbocycles. The standard InChI is InChI=1S/C8H9BO4/c1-6-2-7(5-10)4-8(3-6)13-9(11)12/h2-5,11-12H,1H3. The predicted molar refractivity (Wildman–Crippen MR) is 47.4 cm³/mol. The second-order valence-corrected chi connectivity index (χ2v) is 2.64. The highest BCUT2D eigenvalue weighted by molar-refractivity contribution is 6.33. The van der Waals surface area contributed by atoms with E-state index in [2.05, 4.69) is 4.65 Å². The Labute approximate surface area is 76.0 Å². The summed E-state index contributed by atoms with van der Waals surface area (Å²) >= 11 is 0. The molecule has 2 N–H and O–H groups in total. The number of carbonyl (C=O) groups excluding carboxylic acids is 1. The van der Waals surface area contributed by atoms with E-state index in [1.54, 1.807) is 19.1 Å². The lowest BCUT2D eigenvalue weighted by Crippen LogP contribution is -2.20. The zero-order valence-corrected chi connectivity index (χ0v) is 7.10. The summed E-state index contributed by atoms with van der Waals surface area (Å²) in [5, 5.41) is 17.0. The number of hydrogen-bond acceptors (Lipinski definition) is 4. The lowest BCUT2D eigenvalue weighted by atomic mass is 10.1. The Morgan fingerprint density at radius 1 is 1.38 bits per heavy atom. The first-order valence-corrected chi connectivity index (χ1v) is 3.71. The third-order valence-electron chi connectivity index (χ3n) is 1.45. The second-order valence-electron chi connectivity index (χ2n) is 2.64. The number of aryl methyl sites for hydroxylation is 1. The molecule has 0 saturated heterocycles. The van der Waals surface area contributed by atoms with Gasteiger partial charge in [-0.2, -0.15) is 0 Å². The maximum atomic E-state index is 10.4. The minimum Gasteiger partial charge on any atom is -0.512 e. The van der Waals surface area contributed by atoms with Crippen molar-refractivity contribution in [3.63, 3.8) is 0 Å². The van der Waals surface area contributed by atoms with Crippen molar-refractivity contribution in [2.24, 2.45) is 0 Å². The molecule has 0 aromatic heterocycles. The van der Waals surface area contributed by atoms with E-state index in [4.69, 9.17) is 10.0 Å². The van der Waals surface area contributed by atoms with Crippen molar-refractivity contribution in [3.05, 3.63) is 29.3 Å². The summed E-state index contributed by atoms with van der Waals surface area (Å²) in [6, 6.07) is 4.70. The monoisotopic (exact) mass is 180 g/mol. The van der Waals surface area contributed by atoms with E-state index in [-0.39, 0.29) is 5.75 Å². The Hall–Kier alpha value is -1.33. The number of benzene rings is 1. The van der Waals surface area contributed by atoms with E-state index in [0.29, 0.717) is 11.8 Å². The van der Waals surface area contributed by atoms with Crippen molar-refractivity contribution in [1.82, 2.24) is 0 Å². The Morgan fingerprint density at radius 3 is 2.62 bits per heavy atom. The molecule has 1 rings (SSSR count). The van der Waals surface area contributed by atoms with Crippen LogP contribution < -0.4 is 4.65 Å². The van der Waals surface area contributed by atoms with Gasteiger partial charge >= 0.3 is 7.32 Å². The van der Waals surface area contributed by atoms with Crippen molar-refractivity contribution in [3.8, 4) is 5.75 Å². The maximum Gasteiger partial charge on any atom is 0.707 e. The van der Waals surface area contributed by atoms with Crippen LogP contribution in [-0.4, -0.2) is 23.7 Å². The molecule has 0 amide bonds. The summed E-state index contributed by atoms with van der Waals surface area (Å²) in [6.45, 7) is 1.78. The summed E-state index contributed by atoms with van der Waals surface area (Å²) in [5.41, 5.74) is 1.26. The van der Waals surface area contributed by atoms with Crippen molar-refractivity contribution in [2.75, 3.05) is 0 Å². The molecule has 68 valence electrons. The van der Waals surface area contributed by atoms with Crippen LogP contribution in [0.5, 0.6) is 5.75 Å². The first-order valence-electron chi connectivity index (χ1n) is 3.71. The molecule has 0 aliphatic carbocycles. The second kappa shape index (κ2) is 4.07. The van der Waals surface area contributed by atoms with Gasteiger partial charge in [0.05, 0.1) is 0 Å². The van der Waals surface area contributed by atoms with Gasteiger partial charge in [0.1, 0.15) is 12.0 Å². The fourth-order valence-electron chi connectivity index (χ4n) is 1.03. The Morgan fingerprint density at radius 2 is 2.08 bits per heavy atom. The summed E-state index contributed by atoms with van der Waals surface area (Å²) in [6.07, 6.45) is 0.670. The van der Waals surface area contributed by atoms with Gasteiger partial charge in [0.2, 0.25) is 0 Å². The lowest BCUT2D eigenvalue weighted by molar-refractivity contribution is 0.112. The summed E-state index contributed by atoms with van der Waals surface area (Å²) in [7, 11) is -1.86. The van der Waals surface area contributed by atoms with E-state index in [9.17, 15) is 4.79 Å². The van der Waals surface area contributed by atoms with Crippen LogP contribution >= 0.6 is 0 Å². The largest absolute Gasteiger partial charge is 0.707 e. The Kier molecular flexibility index (Phi) is 3.05. The molecular formula is C8H9BO4. The molecule has 1 aromatic rings. The third kappa shape index (κ3) is 2.89. The van der Waals surface area contributed by atoms with Gasteiger partial charge in [0, 0.05) is 5.56 Å². The first-order chi connectivity index (χ1) is 6.11. The molecule has 0 aliphatic rings. The molecule has 0 fully saturated rings. The zero-order valence-electron chi connectivity index (χ0n) is 7.10. The van der Waals surface area contributed by atoms with Gasteiger partial charge in [-0.05, 0) is 30.7 Å². The molecule has 0 atom stereocenters. The van der Waals surface area contributed by atoms with Crippen LogP contribution in [0.4, 0.5) is 0 Å². The molecule has 0 radical (unpaired) electrons. The highest BCUT2D eigenvalue weighted by Crippen LogP contribution is 2.15. The number of rotatable bonds is 3. The van der Waals surface area contributed by atoms with E-state index in [0.717, 1.165) is 5.56 Å². The summed E-state index contributed by atoms with van der Waals surface area (Å²) in [5.74, 6) is 0.261. The van der Waals surface area contributed by atoms with Gasteiger partial charge in [-0.15, -0.1) is 0 Å². The van der Waals surface area contributed by atoms with Crippen LogP contribution in [0.3, 0.4) is 0 Å². The zero-order chi connectivity index (χ0) is 9.84. The van der Waals surface area contributed by atoms with E-state index >= 15 is 0 Å². The maximum absolute atomic E-state index is 10.4. The summed E-state index contributed by atoms with van der Waals surface area (Å²) in [4.78, 5) is 10.4. The van der Waals surface area contributed by atoms with Crippen LogP contribution in [-0.2, 0) is 0 Å². The minimum absolute atomic E-state index is 0.261. The Balaban J connectivity index is 2.94. The topological polar surface area (TPSA) is 66.8 Å². The predicted octanol–water partition coefficient (Wildman–Crippen LogP) is 0.156. The van der Waals surface area contributed by atoms with Crippen LogP contribution in [0.25, 0.3) is 0 Å². The van der Waals surface area contributed by atoms with Gasteiger partial charge in [-0.3, -0.25) is 4.79 Å². The molecule has 13 heavy (non-hydrogen) atoms. The molecule has 4 nitrogen and oxygen atoms in total. The lowest BCUT2D eigenvalue weighted by Gasteiger charge is -2.05. The van der Waals surface area contributed by atoms with E-state index in [1.165, 1.54) is 6.07 Å². The van der Waals surface area contributed by atoms with Gasteiger partial charge in [-0.25, -0.2) is 0 Å². The van der Waals surface area contributed by atoms with Gasteiger partial charge in [0.15, 0.2) is 0 Å². The van der Waals surface area contributed by atoms with E-state index in [1.807, 2.05) is 0 Å². The van der Waals surface area contributed by atoms with Crippen LogP contribution in [0, 0.1) is 6.92 Å². The van der Waals surface area contributed by atoms with E-state index < -0.39 is 7.32 Å². The van der Waals surface area contributed by atoms with Crippen LogP contribution in [0.2, 0.25) is 0 Å². The number of carbonyl (C=O) groups is 1. The van der Waals surface area contributed by atoms with Crippen molar-refractivity contribution >= 4 is 13.6 Å². The van der Waals surface area contributed by atoms with Crippen molar-refractivity contribution in [2.45, 2.75) is 6.92 Å². The fraction of sp³-hybridized carbons (Fsp3) is 0.125. The molecule has 0 heterocycles. The van der Waals surface area contributed by atoms with Crippen molar-refractivity contribution < 1.29 is 19.5 Å². The molecule has 5 heteroatoms. The highest BCUT2D eigenvalue weighted by atomic mass is 16.6. The summed E-state index contributed by atoms with van der Waals surface area (Å²) < 4.78 is 4.59. The third-order valence-corrected chi connectivity index (χ3v) is 1.45. The smallest absolute Gasteiger partial charge is 0.512 e. The van der Waals surface area contributed by atoms with Gasteiger partial charge in [-0.1, -0.05) is 0 Å². The molecule has 0 aliphatic heterocycles. The van der Waals surface area contributed by atoms with Gasteiger partial charge < -0.3 is 14.7 Å². The fourth-order valence-corrected chi connectivity index (χ4v) is 1.03. The molecular weight excluding hydrogens is 171 g/mol. The van der Waals surface area contributed by atoms with Crippen molar-refractivity contribution in [1.29, 1.82) is 0 Å². The number of aldehydes is 1. The molecule has 0 unspecified atom stereocenters. The van der Waals surface area contributed by atoms with Crippen LogP contribution in [0.15, 0.2) is 18.2 Å². The molecule has 0 saturated carbocycles. The first kappa shape index (κ1) is 9.76. The normalized spacial score (nSPS) is 9.46. The molecule has 0 bridgehead atoms. The van der Waals surface area contributed by atoms with Crippen LogP contribution in [0.1, 0.15) is 15.9 Å². The average molecular weight is 180 g/mol. The average Bonchev–Trinajstić information content (AvgIpc) is 2.01. The minimum atomic E-state index is -1.86.